The zero-order valence-electron chi connectivity index (χ0n) is 36.8. The van der Waals surface area contributed by atoms with Gasteiger partial charge in [-0.3, -0.25) is 28.8 Å². The average molecular weight is 1030 g/mol. The van der Waals surface area contributed by atoms with Crippen molar-refractivity contribution < 1.29 is 38.2 Å². The highest BCUT2D eigenvalue weighted by Crippen LogP contribution is 2.32. The Morgan fingerprint density at radius 3 is 1.34 bits per heavy atom. The largest absolute Gasteiger partial charge is 0.493 e. The summed E-state index contributed by atoms with van der Waals surface area (Å²) in [6.45, 7) is 6.75. The van der Waals surface area contributed by atoms with Crippen molar-refractivity contribution in [2.45, 2.75) is 57.4 Å². The fourth-order valence-electron chi connectivity index (χ4n) is 6.13. The maximum atomic E-state index is 13.4. The van der Waals surface area contributed by atoms with E-state index in [-0.39, 0.29) is 61.6 Å². The molecule has 354 valence electrons. The van der Waals surface area contributed by atoms with Crippen molar-refractivity contribution in [3.63, 3.8) is 0 Å². The van der Waals surface area contributed by atoms with E-state index in [9.17, 15) is 28.8 Å². The second kappa shape index (κ2) is 25.1. The maximum absolute atomic E-state index is 13.4. The van der Waals surface area contributed by atoms with Gasteiger partial charge in [0.05, 0.1) is 35.0 Å². The summed E-state index contributed by atoms with van der Waals surface area (Å²) in [5.41, 5.74) is 3.42. The summed E-state index contributed by atoms with van der Waals surface area (Å²) in [6.07, 6.45) is 0. The summed E-state index contributed by atoms with van der Waals surface area (Å²) in [4.78, 5) is 78.5. The number of rotatable bonds is 21. The number of carbonyl (C=O) groups is 6. The van der Waals surface area contributed by atoms with Gasteiger partial charge in [0.2, 0.25) is 12.1 Å². The highest BCUT2D eigenvalue weighted by molar-refractivity contribution is 6.33. The van der Waals surface area contributed by atoms with Crippen LogP contribution < -0.4 is 30.7 Å². The van der Waals surface area contributed by atoms with E-state index in [0.29, 0.717) is 41.7 Å². The lowest BCUT2D eigenvalue weighted by atomic mass is 10.1. The Balaban J connectivity index is 1.25. The Bertz CT molecular complexity index is 2790. The van der Waals surface area contributed by atoms with Gasteiger partial charge in [-0.1, -0.05) is 35.3 Å². The fourth-order valence-corrected chi connectivity index (χ4v) is 7.10. The number of nitrogens with zero attached hydrogens (tertiary/aromatic N) is 4. The van der Waals surface area contributed by atoms with Crippen molar-refractivity contribution in [1.29, 1.82) is 0 Å². The molecule has 0 bridgehead atoms. The molecule has 21 heteroatoms. The second-order valence-corrected chi connectivity index (χ2v) is 16.1. The van der Waals surface area contributed by atoms with E-state index in [1.54, 1.807) is 36.4 Å². The van der Waals surface area contributed by atoms with Crippen molar-refractivity contribution >= 4 is 127 Å². The molecule has 2 unspecified atom stereocenters. The lowest BCUT2D eigenvalue weighted by Crippen LogP contribution is -2.32. The average Bonchev–Trinajstić information content (AvgIpc) is 3.30. The third-order valence-electron chi connectivity index (χ3n) is 9.56. The minimum absolute atomic E-state index is 0.0117. The standard InChI is InChI=1S/C47H43Cl5N8O8/c1-5-67-40-20-33(11-7-29(40)22-48)53-44(63)27-9-14-35(51)38(18-27)57-59-42(25(3)61)46(65)55-32-13-16-37(31(17-32)24-50)56-47(66)43(26(4)62)60-58-39-19-28(10-15-36(39)52)45(64)54-34-12-8-30(23-49)41(21-34)68-6-2/h7-21,42-43H,5-6,22-24H2,1-4H3,(H,53,63)(H,54,64)(H,55,65)(H,56,66). The Kier molecular flexibility index (Phi) is 19.4. The van der Waals surface area contributed by atoms with E-state index in [4.69, 9.17) is 67.5 Å². The molecule has 0 aliphatic rings. The molecule has 0 aliphatic carbocycles. The number of hydrogen-bond donors (Lipinski definition) is 4. The van der Waals surface area contributed by atoms with Gasteiger partial charge < -0.3 is 30.7 Å². The number of carbonyl (C=O) groups excluding carboxylic acids is 6. The normalized spacial score (nSPS) is 12.0. The van der Waals surface area contributed by atoms with Crippen LogP contribution in [0.1, 0.15) is 65.1 Å². The van der Waals surface area contributed by atoms with Crippen LogP contribution in [-0.4, -0.2) is 60.5 Å². The number of anilines is 4. The van der Waals surface area contributed by atoms with E-state index in [1.807, 2.05) is 13.8 Å². The minimum Gasteiger partial charge on any atom is -0.493 e. The van der Waals surface area contributed by atoms with Crippen LogP contribution in [0.3, 0.4) is 0 Å². The number of amides is 4. The number of nitrogens with one attached hydrogen (secondary N) is 4. The van der Waals surface area contributed by atoms with Crippen LogP contribution in [0.4, 0.5) is 34.1 Å². The maximum Gasteiger partial charge on any atom is 0.258 e. The first-order valence-electron chi connectivity index (χ1n) is 20.6. The summed E-state index contributed by atoms with van der Waals surface area (Å²) >= 11 is 31.0. The molecule has 0 saturated carbocycles. The van der Waals surface area contributed by atoms with Crippen LogP contribution in [0.5, 0.6) is 11.5 Å². The third kappa shape index (κ3) is 14.1. The van der Waals surface area contributed by atoms with Gasteiger partial charge >= 0.3 is 0 Å². The molecule has 4 amide bonds. The van der Waals surface area contributed by atoms with Crippen LogP contribution in [0.2, 0.25) is 10.0 Å². The fraction of sp³-hybridized carbons (Fsp3) is 0.234. The van der Waals surface area contributed by atoms with Crippen molar-refractivity contribution in [1.82, 2.24) is 0 Å². The zero-order valence-corrected chi connectivity index (χ0v) is 40.6. The first kappa shape index (κ1) is 52.5. The first-order chi connectivity index (χ1) is 32.6. The molecular formula is C47H43Cl5N8O8. The van der Waals surface area contributed by atoms with Crippen LogP contribution >= 0.6 is 58.0 Å². The molecule has 5 aromatic rings. The minimum atomic E-state index is -1.64. The van der Waals surface area contributed by atoms with Gasteiger partial charge in [-0.15, -0.1) is 34.8 Å². The Morgan fingerprint density at radius 1 is 0.515 bits per heavy atom. The van der Waals surface area contributed by atoms with E-state index in [1.165, 1.54) is 54.6 Å². The van der Waals surface area contributed by atoms with Crippen molar-refractivity contribution in [2.75, 3.05) is 34.5 Å². The molecule has 16 nitrogen and oxygen atoms in total. The number of hydrogen-bond acceptors (Lipinski definition) is 12. The lowest BCUT2D eigenvalue weighted by Gasteiger charge is -2.15. The predicted molar refractivity (Wildman–Crippen MR) is 264 cm³/mol. The van der Waals surface area contributed by atoms with Crippen LogP contribution in [0, 0.1) is 0 Å². The Morgan fingerprint density at radius 2 is 0.926 bits per heavy atom. The number of azo groups is 2. The van der Waals surface area contributed by atoms with Gasteiger partial charge in [0.25, 0.3) is 23.6 Å². The van der Waals surface area contributed by atoms with Crippen molar-refractivity contribution in [3.05, 3.63) is 129 Å². The number of halogens is 5. The number of ether oxygens (including phenoxy) is 2. The first-order valence-corrected chi connectivity index (χ1v) is 22.9. The molecule has 0 aromatic heterocycles. The van der Waals surface area contributed by atoms with Gasteiger partial charge in [-0.2, -0.15) is 20.5 Å². The number of benzene rings is 5. The SMILES string of the molecule is CCOc1cc(NC(=O)c2ccc(Cl)c(N=NC(C(C)=O)C(=O)Nc3ccc(NC(=O)C(N=Nc4cc(C(=O)Nc5ccc(CCl)c(OCC)c5)ccc4Cl)C(C)=O)c(CCl)c3)c2)ccc1CCl. The van der Waals surface area contributed by atoms with Gasteiger partial charge in [0, 0.05) is 63.0 Å². The lowest BCUT2D eigenvalue weighted by molar-refractivity contribution is -0.127. The quantitative estimate of drug-likeness (QED) is 0.0314. The van der Waals surface area contributed by atoms with Gasteiger partial charge in [-0.05, 0) is 100.0 Å². The van der Waals surface area contributed by atoms with Gasteiger partial charge in [0.1, 0.15) is 22.9 Å². The van der Waals surface area contributed by atoms with Crippen LogP contribution in [0.25, 0.3) is 0 Å². The molecule has 5 rings (SSSR count). The summed E-state index contributed by atoms with van der Waals surface area (Å²) in [5, 5.41) is 27.0. The van der Waals surface area contributed by atoms with Crippen LogP contribution in [-0.2, 0) is 36.8 Å². The summed E-state index contributed by atoms with van der Waals surface area (Å²) in [5.74, 6) is -2.72. The zero-order chi connectivity index (χ0) is 49.5. The summed E-state index contributed by atoms with van der Waals surface area (Å²) in [6, 6.07) is 19.6. The molecule has 0 aliphatic heterocycles. The molecule has 0 saturated heterocycles. The van der Waals surface area contributed by atoms with Crippen molar-refractivity contribution in [2.24, 2.45) is 20.5 Å². The van der Waals surface area contributed by atoms with Gasteiger partial charge in [0.15, 0.2) is 11.6 Å². The number of ketones is 2. The van der Waals surface area contributed by atoms with Crippen LogP contribution in [0.15, 0.2) is 111 Å². The smallest absolute Gasteiger partial charge is 0.258 e. The molecule has 0 fully saturated rings. The van der Waals surface area contributed by atoms with E-state index < -0.39 is 47.3 Å². The highest BCUT2D eigenvalue weighted by Gasteiger charge is 2.26. The summed E-state index contributed by atoms with van der Waals surface area (Å²) in [7, 11) is 0. The molecule has 0 radical (unpaired) electrons. The molecule has 68 heavy (non-hydrogen) atoms. The third-order valence-corrected chi connectivity index (χ3v) is 11.1. The second-order valence-electron chi connectivity index (χ2n) is 14.5. The molecule has 4 N–H and O–H groups in total. The molecular weight excluding hydrogens is 982 g/mol. The molecule has 0 spiro atoms. The molecule has 5 aromatic carbocycles. The van der Waals surface area contributed by atoms with Crippen molar-refractivity contribution in [3.8, 4) is 11.5 Å². The monoisotopic (exact) mass is 1020 g/mol. The Labute approximate surface area is 416 Å². The number of Topliss-reactive ketones (excluding diaryl/α,β-unsaturated/α-hetero) is 2. The Hall–Kier alpha value is -6.43. The van der Waals surface area contributed by atoms with E-state index in [2.05, 4.69) is 41.7 Å². The van der Waals surface area contributed by atoms with E-state index in [0.717, 1.165) is 25.0 Å². The van der Waals surface area contributed by atoms with Gasteiger partial charge in [-0.25, -0.2) is 0 Å². The molecule has 2 atom stereocenters. The topological polar surface area (TPSA) is 218 Å². The summed E-state index contributed by atoms with van der Waals surface area (Å²) < 4.78 is 11.2. The molecule has 0 heterocycles. The highest BCUT2D eigenvalue weighted by atomic mass is 35.5. The predicted octanol–water partition coefficient (Wildman–Crippen LogP) is 11.9. The number of alkyl halides is 3. The van der Waals surface area contributed by atoms with E-state index >= 15 is 0 Å².